The van der Waals surface area contributed by atoms with Crippen LogP contribution in [-0.4, -0.2) is 70.9 Å². The molecule has 3 heterocycles. The molecule has 0 aliphatic carbocycles. The van der Waals surface area contributed by atoms with E-state index in [0.717, 1.165) is 0 Å². The Morgan fingerprint density at radius 2 is 2.07 bits per heavy atom. The van der Waals surface area contributed by atoms with Gasteiger partial charge in [-0.15, -0.1) is 11.3 Å². The van der Waals surface area contributed by atoms with E-state index < -0.39 is 6.10 Å². The number of nitrogens with zero attached hydrogens (tertiary/aromatic N) is 2. The average Bonchev–Trinajstić information content (AvgIpc) is 3.24. The van der Waals surface area contributed by atoms with Crippen molar-refractivity contribution in [1.29, 1.82) is 0 Å². The second-order valence-electron chi connectivity index (χ2n) is 7.55. The van der Waals surface area contributed by atoms with E-state index in [1.807, 2.05) is 18.2 Å². The summed E-state index contributed by atoms with van der Waals surface area (Å²) in [7, 11) is 0. The predicted molar refractivity (Wildman–Crippen MR) is 111 cm³/mol. The van der Waals surface area contributed by atoms with Crippen LogP contribution in [0.25, 0.3) is 0 Å². The highest BCUT2D eigenvalue weighted by atomic mass is 32.1. The van der Waals surface area contributed by atoms with Gasteiger partial charge in [-0.05, 0) is 25.0 Å². The summed E-state index contributed by atoms with van der Waals surface area (Å²) in [5.74, 6) is -0.275. The fourth-order valence-electron chi connectivity index (χ4n) is 3.98. The molecule has 2 aliphatic rings. The minimum atomic E-state index is -0.750. The quantitative estimate of drug-likeness (QED) is 0.767. The van der Waals surface area contributed by atoms with Gasteiger partial charge in [0.1, 0.15) is 6.10 Å². The third-order valence-electron chi connectivity index (χ3n) is 5.35. The van der Waals surface area contributed by atoms with Crippen LogP contribution in [0.4, 0.5) is 5.13 Å². The molecule has 0 spiro atoms. The van der Waals surface area contributed by atoms with E-state index in [1.54, 1.807) is 28.6 Å². The molecule has 2 N–H and O–H groups in total. The van der Waals surface area contributed by atoms with Gasteiger partial charge in [-0.3, -0.25) is 9.59 Å². The number of carbonyl (C=O) groups excluding carboxylic acids is 2. The van der Waals surface area contributed by atoms with Crippen molar-refractivity contribution in [2.24, 2.45) is 0 Å². The lowest BCUT2D eigenvalue weighted by Gasteiger charge is -2.44. The molecule has 2 aliphatic heterocycles. The van der Waals surface area contributed by atoms with Crippen molar-refractivity contribution in [1.82, 2.24) is 9.88 Å². The van der Waals surface area contributed by atoms with Crippen LogP contribution in [0.1, 0.15) is 29.6 Å². The van der Waals surface area contributed by atoms with Gasteiger partial charge in [-0.25, -0.2) is 4.98 Å². The number of ether oxygens (including phenoxy) is 2. The molecule has 8 nitrogen and oxygen atoms in total. The van der Waals surface area contributed by atoms with Gasteiger partial charge in [0.2, 0.25) is 5.91 Å². The summed E-state index contributed by atoms with van der Waals surface area (Å²) in [6, 6.07) is 8.83. The molecule has 4 rings (SSSR count). The molecule has 4 atom stereocenters. The average molecular weight is 432 g/mol. The summed E-state index contributed by atoms with van der Waals surface area (Å²) in [6.07, 6.45) is 1.82. The number of benzene rings is 1. The predicted octanol–water partition coefficient (Wildman–Crippen LogP) is 1.92. The molecule has 0 bridgehead atoms. The molecule has 2 fully saturated rings. The van der Waals surface area contributed by atoms with Crippen LogP contribution >= 0.6 is 11.3 Å². The number of hydrogen-bond acceptors (Lipinski definition) is 7. The Kier molecular flexibility index (Phi) is 6.73. The van der Waals surface area contributed by atoms with E-state index >= 15 is 0 Å². The first-order valence-corrected chi connectivity index (χ1v) is 10.9. The van der Waals surface area contributed by atoms with Gasteiger partial charge in [0.05, 0.1) is 37.9 Å². The van der Waals surface area contributed by atoms with Crippen LogP contribution in [0, 0.1) is 0 Å². The maximum atomic E-state index is 13.2. The second kappa shape index (κ2) is 9.65. The molecule has 2 saturated heterocycles. The zero-order valence-electron chi connectivity index (χ0n) is 16.5. The maximum absolute atomic E-state index is 13.2. The van der Waals surface area contributed by atoms with Crippen molar-refractivity contribution < 1.29 is 24.2 Å². The summed E-state index contributed by atoms with van der Waals surface area (Å²) in [5, 5.41) is 15.4. The number of amides is 2. The standard InChI is InChI=1S/C21H25N3O5S/c25-15-11-24(20(27)14-4-2-1-3-5-14)17-7-6-16(29-18(17)13-28-12-15)10-19(26)23-21-22-8-9-30-21/h1-5,8-9,15-18,25H,6-7,10-13H2,(H,22,23,26)/t15-,16+,17-,18+/m0/s1. The zero-order valence-corrected chi connectivity index (χ0v) is 17.3. The van der Waals surface area contributed by atoms with Crippen molar-refractivity contribution in [2.75, 3.05) is 25.1 Å². The largest absolute Gasteiger partial charge is 0.389 e. The molecule has 1 aromatic carbocycles. The number of rotatable bonds is 4. The van der Waals surface area contributed by atoms with E-state index in [1.165, 1.54) is 11.3 Å². The van der Waals surface area contributed by atoms with Gasteiger partial charge in [0.25, 0.3) is 5.91 Å². The number of nitrogens with one attached hydrogen (secondary N) is 1. The lowest BCUT2D eigenvalue weighted by molar-refractivity contribution is -0.149. The molecule has 2 amide bonds. The van der Waals surface area contributed by atoms with Crippen LogP contribution in [0.5, 0.6) is 0 Å². The highest BCUT2D eigenvalue weighted by Crippen LogP contribution is 2.29. The number of carbonyl (C=O) groups is 2. The first kappa shape index (κ1) is 20.9. The van der Waals surface area contributed by atoms with Crippen molar-refractivity contribution in [3.8, 4) is 0 Å². The Bertz CT molecular complexity index is 848. The minimum absolute atomic E-state index is 0.130. The molecular weight excluding hydrogens is 406 g/mol. The van der Waals surface area contributed by atoms with E-state index in [-0.39, 0.29) is 56.2 Å². The van der Waals surface area contributed by atoms with Gasteiger partial charge in [-0.2, -0.15) is 0 Å². The van der Waals surface area contributed by atoms with Crippen LogP contribution in [0.2, 0.25) is 0 Å². The zero-order chi connectivity index (χ0) is 20.9. The number of anilines is 1. The van der Waals surface area contributed by atoms with Crippen molar-refractivity contribution in [2.45, 2.75) is 43.6 Å². The number of β-amino-alcohol motifs (C(OH)–C–C–N with tert-alkyl or cyclic N) is 1. The van der Waals surface area contributed by atoms with Crippen LogP contribution in [0.3, 0.4) is 0 Å². The number of hydrogen-bond donors (Lipinski definition) is 2. The Balaban J connectivity index is 1.43. The molecular formula is C21H25N3O5S. The van der Waals surface area contributed by atoms with Gasteiger partial charge >= 0.3 is 0 Å². The van der Waals surface area contributed by atoms with E-state index in [4.69, 9.17) is 9.47 Å². The fourth-order valence-corrected chi connectivity index (χ4v) is 4.53. The van der Waals surface area contributed by atoms with Crippen molar-refractivity contribution in [3.63, 3.8) is 0 Å². The number of aliphatic hydroxyl groups is 1. The highest BCUT2D eigenvalue weighted by Gasteiger charge is 2.40. The summed E-state index contributed by atoms with van der Waals surface area (Å²) in [5.41, 5.74) is 0.579. The van der Waals surface area contributed by atoms with Gasteiger partial charge < -0.3 is 24.8 Å². The van der Waals surface area contributed by atoms with Gasteiger partial charge in [-0.1, -0.05) is 18.2 Å². The molecule has 9 heteroatoms. The molecule has 0 radical (unpaired) electrons. The van der Waals surface area contributed by atoms with E-state index in [2.05, 4.69) is 10.3 Å². The molecule has 0 unspecified atom stereocenters. The number of fused-ring (bicyclic) bond motifs is 1. The summed E-state index contributed by atoms with van der Waals surface area (Å²) >= 11 is 1.37. The molecule has 1 aromatic heterocycles. The molecule has 2 aromatic rings. The molecule has 160 valence electrons. The van der Waals surface area contributed by atoms with Crippen LogP contribution < -0.4 is 5.32 Å². The van der Waals surface area contributed by atoms with Crippen LogP contribution in [-0.2, 0) is 14.3 Å². The first-order chi connectivity index (χ1) is 14.6. The summed E-state index contributed by atoms with van der Waals surface area (Å²) in [6.45, 7) is 0.596. The number of aromatic nitrogens is 1. The van der Waals surface area contributed by atoms with Crippen molar-refractivity contribution in [3.05, 3.63) is 47.5 Å². The smallest absolute Gasteiger partial charge is 0.254 e. The first-order valence-electron chi connectivity index (χ1n) is 10.1. The van der Waals surface area contributed by atoms with E-state index in [9.17, 15) is 14.7 Å². The molecule has 0 saturated carbocycles. The Labute approximate surface area is 178 Å². The normalized spacial score (nSPS) is 26.9. The summed E-state index contributed by atoms with van der Waals surface area (Å²) in [4.78, 5) is 31.2. The lowest BCUT2D eigenvalue weighted by atomic mass is 9.94. The van der Waals surface area contributed by atoms with Gasteiger partial charge in [0, 0.05) is 23.7 Å². The Morgan fingerprint density at radius 3 is 2.83 bits per heavy atom. The Hall–Kier alpha value is -2.33. The van der Waals surface area contributed by atoms with Crippen LogP contribution in [0.15, 0.2) is 41.9 Å². The number of aliphatic hydroxyl groups excluding tert-OH is 1. The topological polar surface area (TPSA) is 101 Å². The summed E-state index contributed by atoms with van der Waals surface area (Å²) < 4.78 is 11.8. The van der Waals surface area contributed by atoms with Crippen molar-refractivity contribution >= 4 is 28.3 Å². The number of thiazole rings is 1. The lowest BCUT2D eigenvalue weighted by Crippen LogP contribution is -2.57. The second-order valence-corrected chi connectivity index (χ2v) is 8.44. The minimum Gasteiger partial charge on any atom is -0.389 e. The molecule has 30 heavy (non-hydrogen) atoms. The fraction of sp³-hybridized carbons (Fsp3) is 0.476. The monoisotopic (exact) mass is 431 g/mol. The highest BCUT2D eigenvalue weighted by molar-refractivity contribution is 7.13. The Morgan fingerprint density at radius 1 is 1.23 bits per heavy atom. The van der Waals surface area contributed by atoms with E-state index in [0.29, 0.717) is 23.5 Å². The maximum Gasteiger partial charge on any atom is 0.254 e. The third-order valence-corrected chi connectivity index (χ3v) is 6.04. The van der Waals surface area contributed by atoms with Gasteiger partial charge in [0.15, 0.2) is 5.13 Å². The third kappa shape index (κ3) is 5.04. The SMILES string of the molecule is O=C(C[C@H]1CC[C@H]2[C@@H](COC[C@@H](O)CN2C(=O)c2ccccc2)O1)Nc1nccs1.